The number of halogens is 1. The average molecular weight is 528 g/mol. The summed E-state index contributed by atoms with van der Waals surface area (Å²) < 4.78 is 46.8. The molecule has 0 aromatic heterocycles. The summed E-state index contributed by atoms with van der Waals surface area (Å²) in [7, 11) is -2.06. The molecule has 2 atom stereocenters. The molecule has 194 valence electrons. The van der Waals surface area contributed by atoms with Gasteiger partial charge in [0.1, 0.15) is 18.2 Å². The Hall–Kier alpha value is -1.98. The highest BCUT2D eigenvalue weighted by Crippen LogP contribution is 2.61. The van der Waals surface area contributed by atoms with Gasteiger partial charge in [-0.2, -0.15) is 10.6 Å². The molecular formula is C25H34FNO6S2. The smallest absolute Gasteiger partial charge is 0.338 e. The standard InChI is InChI=1S/C25H34FNO6S2/c1-5-6-11-25(2)15-27(18-9-7-17(26)8-10-18)19-12-22(34-4)21(13-23(19)35(30,31)16-25)33-14-20(28)24(29)32-3/h7-10,12-13,20,28,30-31H,5-6,11,14-16H2,1-4H3. The molecule has 2 unspecified atom stereocenters. The van der Waals surface area contributed by atoms with Crippen molar-refractivity contribution in [1.29, 1.82) is 0 Å². The van der Waals surface area contributed by atoms with Crippen molar-refractivity contribution in [3.8, 4) is 5.75 Å². The number of anilines is 2. The van der Waals surface area contributed by atoms with Gasteiger partial charge in [0.2, 0.25) is 0 Å². The average Bonchev–Trinajstić information content (AvgIpc) is 2.92. The van der Waals surface area contributed by atoms with E-state index in [1.54, 1.807) is 18.2 Å². The minimum absolute atomic E-state index is 0.174. The van der Waals surface area contributed by atoms with Gasteiger partial charge in [0, 0.05) is 29.5 Å². The third-order valence-corrected chi connectivity index (χ3v) is 9.01. The van der Waals surface area contributed by atoms with Crippen molar-refractivity contribution in [3.63, 3.8) is 0 Å². The summed E-state index contributed by atoms with van der Waals surface area (Å²) in [5.41, 5.74) is 0.945. The Morgan fingerprint density at radius 2 is 1.97 bits per heavy atom. The number of hydrogen-bond acceptors (Lipinski definition) is 8. The second-order valence-electron chi connectivity index (χ2n) is 9.11. The second-order valence-corrected chi connectivity index (χ2v) is 12.0. The molecule has 2 aromatic rings. The van der Waals surface area contributed by atoms with Crippen LogP contribution in [0.4, 0.5) is 15.8 Å². The van der Waals surface area contributed by atoms with E-state index >= 15 is 0 Å². The van der Waals surface area contributed by atoms with E-state index in [1.165, 1.54) is 31.0 Å². The Labute approximate surface area is 212 Å². The van der Waals surface area contributed by atoms with E-state index in [-0.39, 0.29) is 18.2 Å². The molecule has 3 rings (SSSR count). The third-order valence-electron chi connectivity index (χ3n) is 6.12. The molecule has 1 aliphatic heterocycles. The number of aliphatic hydroxyl groups excluding tert-OH is 1. The number of carbonyl (C=O) groups is 1. The number of thioether (sulfide) groups is 1. The molecule has 2 aromatic carbocycles. The van der Waals surface area contributed by atoms with Gasteiger partial charge in [-0.1, -0.05) is 26.7 Å². The lowest BCUT2D eigenvalue weighted by atomic mass is 9.86. The zero-order valence-corrected chi connectivity index (χ0v) is 22.1. The van der Waals surface area contributed by atoms with E-state index in [0.29, 0.717) is 27.8 Å². The van der Waals surface area contributed by atoms with Crippen molar-refractivity contribution < 1.29 is 32.9 Å². The van der Waals surface area contributed by atoms with Crippen LogP contribution < -0.4 is 9.64 Å². The number of fused-ring (bicyclic) bond motifs is 1. The topological polar surface area (TPSA) is 99.5 Å². The maximum Gasteiger partial charge on any atom is 0.338 e. The summed E-state index contributed by atoms with van der Waals surface area (Å²) in [6.45, 7) is 4.34. The largest absolute Gasteiger partial charge is 0.489 e. The van der Waals surface area contributed by atoms with E-state index < -0.39 is 28.1 Å². The fraction of sp³-hybridized carbons (Fsp3) is 0.480. The zero-order valence-electron chi connectivity index (χ0n) is 20.5. The molecule has 1 aliphatic rings. The quantitative estimate of drug-likeness (QED) is 0.273. The first kappa shape index (κ1) is 27.6. The van der Waals surface area contributed by atoms with Gasteiger partial charge in [0.25, 0.3) is 0 Å². The molecule has 0 fully saturated rings. The van der Waals surface area contributed by atoms with E-state index in [1.807, 2.05) is 17.2 Å². The number of unbranched alkanes of at least 4 members (excludes halogenated alkanes) is 1. The molecule has 3 N–H and O–H groups in total. The summed E-state index contributed by atoms with van der Waals surface area (Å²) in [5, 5.41) is 9.95. The lowest BCUT2D eigenvalue weighted by molar-refractivity contribution is -0.151. The molecule has 35 heavy (non-hydrogen) atoms. The van der Waals surface area contributed by atoms with Gasteiger partial charge in [-0.3, -0.25) is 9.11 Å². The maximum atomic E-state index is 13.7. The molecule has 0 radical (unpaired) electrons. The highest BCUT2D eigenvalue weighted by Gasteiger charge is 2.40. The normalized spacial score (nSPS) is 21.0. The number of rotatable bonds is 9. The van der Waals surface area contributed by atoms with Crippen LogP contribution in [0.15, 0.2) is 46.2 Å². The molecule has 7 nitrogen and oxygen atoms in total. The fourth-order valence-corrected chi connectivity index (χ4v) is 7.04. The van der Waals surface area contributed by atoms with Crippen LogP contribution in [0.5, 0.6) is 5.75 Å². The third kappa shape index (κ3) is 6.42. The van der Waals surface area contributed by atoms with Gasteiger partial charge in [-0.05, 0) is 43.0 Å². The summed E-state index contributed by atoms with van der Waals surface area (Å²) >= 11 is 1.39. The molecule has 0 saturated heterocycles. The lowest BCUT2D eigenvalue weighted by Gasteiger charge is -2.39. The maximum absolute atomic E-state index is 13.7. The van der Waals surface area contributed by atoms with Crippen LogP contribution in [0.1, 0.15) is 33.1 Å². The van der Waals surface area contributed by atoms with E-state index in [4.69, 9.17) is 4.74 Å². The SMILES string of the molecule is CCCCC1(C)CN(c2ccc(F)cc2)c2cc(SC)c(OCC(O)C(=O)OC)cc2S(O)(O)C1. The number of nitrogens with zero attached hydrogens (tertiary/aromatic N) is 1. The van der Waals surface area contributed by atoms with Gasteiger partial charge in [0.05, 0.1) is 22.6 Å². The van der Waals surface area contributed by atoms with Crippen LogP contribution in [0.3, 0.4) is 0 Å². The van der Waals surface area contributed by atoms with Gasteiger partial charge < -0.3 is 19.5 Å². The number of benzene rings is 2. The van der Waals surface area contributed by atoms with Crippen LogP contribution in [0.2, 0.25) is 0 Å². The van der Waals surface area contributed by atoms with Crippen LogP contribution >= 0.6 is 22.4 Å². The van der Waals surface area contributed by atoms with Crippen LogP contribution in [0.25, 0.3) is 0 Å². The number of methoxy groups -OCH3 is 1. The summed E-state index contributed by atoms with van der Waals surface area (Å²) in [6, 6.07) is 9.56. The predicted molar refractivity (Wildman–Crippen MR) is 139 cm³/mol. The van der Waals surface area contributed by atoms with Gasteiger partial charge >= 0.3 is 5.97 Å². The molecular weight excluding hydrogens is 493 g/mol. The van der Waals surface area contributed by atoms with Crippen molar-refractivity contribution in [3.05, 3.63) is 42.2 Å². The Balaban J connectivity index is 2.12. The van der Waals surface area contributed by atoms with Crippen molar-refractivity contribution in [2.24, 2.45) is 5.41 Å². The number of ether oxygens (including phenoxy) is 2. The zero-order chi connectivity index (χ0) is 25.8. The molecule has 0 spiro atoms. The van der Waals surface area contributed by atoms with Crippen molar-refractivity contribution in [1.82, 2.24) is 0 Å². The number of hydrogen-bond donors (Lipinski definition) is 3. The Morgan fingerprint density at radius 1 is 1.29 bits per heavy atom. The minimum Gasteiger partial charge on any atom is -0.489 e. The monoisotopic (exact) mass is 527 g/mol. The first-order valence-electron chi connectivity index (χ1n) is 11.4. The molecule has 0 amide bonds. The number of aliphatic hydroxyl groups is 1. The van der Waals surface area contributed by atoms with Crippen LogP contribution in [0, 0.1) is 11.2 Å². The first-order chi connectivity index (χ1) is 16.5. The van der Waals surface area contributed by atoms with Gasteiger partial charge in [-0.15, -0.1) is 11.8 Å². The second kappa shape index (κ2) is 11.4. The Bertz CT molecular complexity index is 1040. The molecule has 1 heterocycles. The van der Waals surface area contributed by atoms with E-state index in [9.17, 15) is 23.4 Å². The van der Waals surface area contributed by atoms with Gasteiger partial charge in [-0.25, -0.2) is 9.18 Å². The van der Waals surface area contributed by atoms with E-state index in [2.05, 4.69) is 18.6 Å². The minimum atomic E-state index is -3.23. The first-order valence-corrected chi connectivity index (χ1v) is 14.4. The Morgan fingerprint density at radius 3 is 2.57 bits per heavy atom. The summed E-state index contributed by atoms with van der Waals surface area (Å²) in [6.07, 6.45) is 3.11. The van der Waals surface area contributed by atoms with Gasteiger partial charge in [0.15, 0.2) is 6.10 Å². The number of carbonyl (C=O) groups excluding carboxylic acids is 1. The van der Waals surface area contributed by atoms with E-state index in [0.717, 1.165) is 24.9 Å². The van der Waals surface area contributed by atoms with Crippen LogP contribution in [-0.2, 0) is 9.53 Å². The molecule has 0 saturated carbocycles. The molecule has 0 aliphatic carbocycles. The Kier molecular flexibility index (Phi) is 8.98. The van der Waals surface area contributed by atoms with Crippen molar-refractivity contribution in [2.75, 3.05) is 37.2 Å². The fourth-order valence-electron chi connectivity index (χ4n) is 4.33. The van der Waals surface area contributed by atoms with Crippen molar-refractivity contribution >= 4 is 39.7 Å². The van der Waals surface area contributed by atoms with Crippen LogP contribution in [-0.4, -0.2) is 58.6 Å². The summed E-state index contributed by atoms with van der Waals surface area (Å²) in [4.78, 5) is 14.6. The highest BCUT2D eigenvalue weighted by atomic mass is 32.3. The predicted octanol–water partition coefficient (Wildman–Crippen LogP) is 5.92. The number of esters is 1. The molecule has 10 heteroatoms. The van der Waals surface area contributed by atoms with Crippen molar-refractivity contribution in [2.45, 2.75) is 49.0 Å². The lowest BCUT2D eigenvalue weighted by Crippen LogP contribution is -2.35. The summed E-state index contributed by atoms with van der Waals surface area (Å²) in [5.74, 6) is -0.660. The molecule has 0 bridgehead atoms. The highest BCUT2D eigenvalue weighted by molar-refractivity contribution is 8.24.